The Morgan fingerprint density at radius 2 is 2.25 bits per heavy atom. The van der Waals surface area contributed by atoms with Crippen molar-refractivity contribution >= 4 is 0 Å². The molecule has 0 saturated heterocycles. The summed E-state index contributed by atoms with van der Waals surface area (Å²) in [6.07, 6.45) is 3.97. The van der Waals surface area contributed by atoms with Gasteiger partial charge in [0.15, 0.2) is 0 Å². The molecule has 1 aromatic carbocycles. The van der Waals surface area contributed by atoms with Gasteiger partial charge in [0, 0.05) is 18.2 Å². The van der Waals surface area contributed by atoms with Crippen LogP contribution in [0.1, 0.15) is 24.8 Å². The Bertz CT molecular complexity index is 350. The van der Waals surface area contributed by atoms with Crippen molar-refractivity contribution in [1.29, 1.82) is 0 Å². The average molecular weight is 223 g/mol. The maximum atomic E-state index is 13.5. The maximum absolute atomic E-state index is 13.5. The number of rotatable bonds is 6. The van der Waals surface area contributed by atoms with Gasteiger partial charge in [-0.3, -0.25) is 0 Å². The van der Waals surface area contributed by atoms with Gasteiger partial charge >= 0.3 is 0 Å². The van der Waals surface area contributed by atoms with E-state index >= 15 is 0 Å². The second-order valence-corrected chi connectivity index (χ2v) is 4.37. The average Bonchev–Trinajstić information content (AvgIpc) is 3.10. The fourth-order valence-electron chi connectivity index (χ4n) is 1.73. The molecule has 0 aromatic heterocycles. The summed E-state index contributed by atoms with van der Waals surface area (Å²) >= 11 is 0. The first kappa shape index (κ1) is 11.4. The number of nitrogens with one attached hydrogen (secondary N) is 1. The minimum atomic E-state index is -0.196. The SMILES string of the molecule is COc1ccc(CNCCC2CC2)c(F)c1. The van der Waals surface area contributed by atoms with Gasteiger partial charge in [0.25, 0.3) is 0 Å². The number of methoxy groups -OCH3 is 1. The van der Waals surface area contributed by atoms with E-state index in [1.165, 1.54) is 25.3 Å². The van der Waals surface area contributed by atoms with Gasteiger partial charge in [0.2, 0.25) is 0 Å². The molecule has 0 heterocycles. The molecule has 1 aliphatic carbocycles. The number of benzene rings is 1. The van der Waals surface area contributed by atoms with Crippen LogP contribution in [0.3, 0.4) is 0 Å². The molecule has 1 fully saturated rings. The minimum absolute atomic E-state index is 0.196. The monoisotopic (exact) mass is 223 g/mol. The predicted molar refractivity (Wildman–Crippen MR) is 62.0 cm³/mol. The highest BCUT2D eigenvalue weighted by atomic mass is 19.1. The third-order valence-electron chi connectivity index (χ3n) is 3.00. The highest BCUT2D eigenvalue weighted by Crippen LogP contribution is 2.31. The molecule has 1 aromatic rings. The first-order valence-corrected chi connectivity index (χ1v) is 5.82. The number of hydrogen-bond donors (Lipinski definition) is 1. The van der Waals surface area contributed by atoms with Crippen molar-refractivity contribution in [2.75, 3.05) is 13.7 Å². The lowest BCUT2D eigenvalue weighted by Gasteiger charge is -2.07. The van der Waals surface area contributed by atoms with Crippen molar-refractivity contribution in [1.82, 2.24) is 5.32 Å². The molecule has 0 aliphatic heterocycles. The zero-order valence-electron chi connectivity index (χ0n) is 9.63. The third kappa shape index (κ3) is 3.20. The zero-order chi connectivity index (χ0) is 11.4. The molecule has 0 spiro atoms. The van der Waals surface area contributed by atoms with Gasteiger partial charge in [-0.2, -0.15) is 0 Å². The molecule has 3 heteroatoms. The van der Waals surface area contributed by atoms with Crippen LogP contribution in [-0.2, 0) is 6.54 Å². The lowest BCUT2D eigenvalue weighted by molar-refractivity contribution is 0.410. The predicted octanol–water partition coefficient (Wildman–Crippen LogP) is 2.72. The smallest absolute Gasteiger partial charge is 0.131 e. The van der Waals surface area contributed by atoms with Crippen LogP contribution in [0.5, 0.6) is 5.75 Å². The standard InChI is InChI=1S/C13H18FNO/c1-16-12-5-4-11(13(14)8-12)9-15-7-6-10-2-3-10/h4-5,8,10,15H,2-3,6-7,9H2,1H3. The van der Waals surface area contributed by atoms with E-state index in [0.717, 1.165) is 12.5 Å². The summed E-state index contributed by atoms with van der Waals surface area (Å²) in [5, 5.41) is 3.27. The molecule has 1 aliphatic rings. The van der Waals surface area contributed by atoms with E-state index in [1.807, 2.05) is 0 Å². The van der Waals surface area contributed by atoms with Crippen LogP contribution in [-0.4, -0.2) is 13.7 Å². The molecule has 1 saturated carbocycles. The minimum Gasteiger partial charge on any atom is -0.497 e. The molecule has 0 bridgehead atoms. The Kier molecular flexibility index (Phi) is 3.78. The Labute approximate surface area is 95.8 Å². The van der Waals surface area contributed by atoms with Crippen molar-refractivity contribution < 1.29 is 9.13 Å². The second-order valence-electron chi connectivity index (χ2n) is 4.37. The molecule has 0 unspecified atom stereocenters. The van der Waals surface area contributed by atoms with Crippen molar-refractivity contribution in [3.8, 4) is 5.75 Å². The van der Waals surface area contributed by atoms with Gasteiger partial charge in [0.1, 0.15) is 11.6 Å². The zero-order valence-corrected chi connectivity index (χ0v) is 9.63. The van der Waals surface area contributed by atoms with Gasteiger partial charge in [-0.15, -0.1) is 0 Å². The largest absolute Gasteiger partial charge is 0.497 e. The molecule has 0 atom stereocenters. The number of halogens is 1. The lowest BCUT2D eigenvalue weighted by Crippen LogP contribution is -2.16. The summed E-state index contributed by atoms with van der Waals surface area (Å²) in [7, 11) is 1.54. The van der Waals surface area contributed by atoms with E-state index in [0.29, 0.717) is 17.9 Å². The van der Waals surface area contributed by atoms with E-state index in [2.05, 4.69) is 5.32 Å². The van der Waals surface area contributed by atoms with E-state index in [1.54, 1.807) is 19.2 Å². The van der Waals surface area contributed by atoms with Crippen LogP contribution in [0.15, 0.2) is 18.2 Å². The summed E-state index contributed by atoms with van der Waals surface area (Å²) in [5.74, 6) is 1.30. The molecule has 2 rings (SSSR count). The van der Waals surface area contributed by atoms with Crippen LogP contribution >= 0.6 is 0 Å². The number of ether oxygens (including phenoxy) is 1. The van der Waals surface area contributed by atoms with Crippen LogP contribution < -0.4 is 10.1 Å². The first-order chi connectivity index (χ1) is 7.79. The lowest BCUT2D eigenvalue weighted by atomic mass is 10.2. The summed E-state index contributed by atoms with van der Waals surface area (Å²) in [6, 6.07) is 5.00. The third-order valence-corrected chi connectivity index (χ3v) is 3.00. The van der Waals surface area contributed by atoms with Gasteiger partial charge in [0.05, 0.1) is 7.11 Å². The molecular weight excluding hydrogens is 205 g/mol. The summed E-state index contributed by atoms with van der Waals surface area (Å²) in [4.78, 5) is 0. The van der Waals surface area contributed by atoms with E-state index in [9.17, 15) is 4.39 Å². The fraction of sp³-hybridized carbons (Fsp3) is 0.538. The van der Waals surface area contributed by atoms with Crippen molar-refractivity contribution in [3.05, 3.63) is 29.6 Å². The van der Waals surface area contributed by atoms with Crippen LogP contribution in [0.4, 0.5) is 4.39 Å². The normalized spacial score (nSPS) is 15.1. The topological polar surface area (TPSA) is 21.3 Å². The van der Waals surface area contributed by atoms with Gasteiger partial charge in [-0.25, -0.2) is 4.39 Å². The molecule has 2 nitrogen and oxygen atoms in total. The Balaban J connectivity index is 1.78. The molecular formula is C13H18FNO. The molecule has 16 heavy (non-hydrogen) atoms. The molecule has 0 amide bonds. The van der Waals surface area contributed by atoms with Crippen molar-refractivity contribution in [2.45, 2.75) is 25.8 Å². The van der Waals surface area contributed by atoms with E-state index in [4.69, 9.17) is 4.74 Å². The van der Waals surface area contributed by atoms with Gasteiger partial charge in [-0.05, 0) is 24.9 Å². The van der Waals surface area contributed by atoms with Crippen molar-refractivity contribution in [3.63, 3.8) is 0 Å². The van der Waals surface area contributed by atoms with E-state index in [-0.39, 0.29) is 5.82 Å². The first-order valence-electron chi connectivity index (χ1n) is 5.82. The molecule has 0 radical (unpaired) electrons. The van der Waals surface area contributed by atoms with Crippen molar-refractivity contribution in [2.24, 2.45) is 5.92 Å². The summed E-state index contributed by atoms with van der Waals surface area (Å²) < 4.78 is 18.5. The Morgan fingerprint density at radius 1 is 1.44 bits per heavy atom. The van der Waals surface area contributed by atoms with Gasteiger partial charge in [-0.1, -0.05) is 18.9 Å². The van der Waals surface area contributed by atoms with Crippen LogP contribution in [0.2, 0.25) is 0 Å². The quantitative estimate of drug-likeness (QED) is 0.749. The summed E-state index contributed by atoms with van der Waals surface area (Å²) in [5.41, 5.74) is 0.705. The maximum Gasteiger partial charge on any atom is 0.131 e. The fourth-order valence-corrected chi connectivity index (χ4v) is 1.73. The highest BCUT2D eigenvalue weighted by molar-refractivity contribution is 5.28. The number of hydrogen-bond acceptors (Lipinski definition) is 2. The Hall–Kier alpha value is -1.09. The van der Waals surface area contributed by atoms with E-state index < -0.39 is 0 Å². The van der Waals surface area contributed by atoms with Crippen LogP contribution in [0, 0.1) is 11.7 Å². The highest BCUT2D eigenvalue weighted by Gasteiger charge is 2.19. The van der Waals surface area contributed by atoms with Crippen LogP contribution in [0.25, 0.3) is 0 Å². The molecule has 88 valence electrons. The van der Waals surface area contributed by atoms with Gasteiger partial charge < -0.3 is 10.1 Å². The molecule has 1 N–H and O–H groups in total. The summed E-state index contributed by atoms with van der Waals surface area (Å²) in [6.45, 7) is 1.58. The second kappa shape index (κ2) is 5.30. The Morgan fingerprint density at radius 3 is 2.88 bits per heavy atom.